The van der Waals surface area contributed by atoms with Gasteiger partial charge in [-0.15, -0.1) is 11.3 Å². The van der Waals surface area contributed by atoms with Crippen LogP contribution in [-0.2, 0) is 14.4 Å². The van der Waals surface area contributed by atoms with Crippen LogP contribution in [0.5, 0.6) is 0 Å². The van der Waals surface area contributed by atoms with Crippen molar-refractivity contribution in [2.24, 2.45) is 11.3 Å². The van der Waals surface area contributed by atoms with Crippen molar-refractivity contribution in [3.05, 3.63) is 29.6 Å². The molecule has 0 spiro atoms. The zero-order valence-electron chi connectivity index (χ0n) is 19.2. The summed E-state index contributed by atoms with van der Waals surface area (Å²) in [6.07, 6.45) is 2.64. The lowest BCUT2D eigenvalue weighted by Crippen LogP contribution is -2.45. The third-order valence-corrected chi connectivity index (χ3v) is 6.23. The molecule has 3 amide bonds. The summed E-state index contributed by atoms with van der Waals surface area (Å²) in [7, 11) is 0. The predicted molar refractivity (Wildman–Crippen MR) is 128 cm³/mol. The zero-order chi connectivity index (χ0) is 23.3. The van der Waals surface area contributed by atoms with Crippen LogP contribution < -0.4 is 10.6 Å². The first-order valence-corrected chi connectivity index (χ1v) is 12.0. The van der Waals surface area contributed by atoms with Gasteiger partial charge in [-0.1, -0.05) is 39.8 Å². The van der Waals surface area contributed by atoms with E-state index in [1.807, 2.05) is 62.2 Å². The molecular weight excluding hydrogens is 424 g/mol. The van der Waals surface area contributed by atoms with Crippen molar-refractivity contribution in [2.45, 2.75) is 53.4 Å². The largest absolute Gasteiger partial charge is 0.342 e. The van der Waals surface area contributed by atoms with E-state index >= 15 is 0 Å². The van der Waals surface area contributed by atoms with Gasteiger partial charge in [0.1, 0.15) is 0 Å². The lowest BCUT2D eigenvalue weighted by Gasteiger charge is -2.35. The van der Waals surface area contributed by atoms with Gasteiger partial charge in [0, 0.05) is 47.5 Å². The number of benzene rings is 1. The van der Waals surface area contributed by atoms with Crippen LogP contribution in [0.1, 0.15) is 53.4 Å². The van der Waals surface area contributed by atoms with E-state index in [0.29, 0.717) is 37.5 Å². The van der Waals surface area contributed by atoms with Gasteiger partial charge in [-0.3, -0.25) is 14.4 Å². The number of nitrogens with zero attached hydrogens (tertiary/aromatic N) is 2. The monoisotopic (exact) mass is 456 g/mol. The molecule has 0 atom stereocenters. The Bertz CT molecular complexity index is 954. The molecule has 7 nitrogen and oxygen atoms in total. The quantitative estimate of drug-likeness (QED) is 0.655. The number of nitrogens with one attached hydrogen (secondary N) is 2. The van der Waals surface area contributed by atoms with Gasteiger partial charge in [-0.25, -0.2) is 4.98 Å². The SMILES string of the molecule is CCCC(=O)Nc1ccc(-c2csc(NC(=O)C3CCN(C(=O)C(C)(C)C)CC3)n2)cc1. The topological polar surface area (TPSA) is 91.4 Å². The van der Waals surface area contributed by atoms with Gasteiger partial charge in [-0.05, 0) is 31.4 Å². The number of carbonyl (C=O) groups is 3. The standard InChI is InChI=1S/C24H32N4O3S/c1-5-6-20(29)25-18-9-7-16(8-10-18)19-15-32-23(26-19)27-21(30)17-11-13-28(14-12-17)22(31)24(2,3)4/h7-10,15,17H,5-6,11-14H2,1-4H3,(H,25,29)(H,26,27,30). The molecule has 2 aromatic rings. The molecule has 1 aliphatic heterocycles. The van der Waals surface area contributed by atoms with Crippen LogP contribution in [0.2, 0.25) is 0 Å². The summed E-state index contributed by atoms with van der Waals surface area (Å²) in [6, 6.07) is 7.52. The average Bonchev–Trinajstić information content (AvgIpc) is 3.21. The van der Waals surface area contributed by atoms with E-state index in [2.05, 4.69) is 15.6 Å². The van der Waals surface area contributed by atoms with Crippen LogP contribution in [-0.4, -0.2) is 40.7 Å². The average molecular weight is 457 g/mol. The summed E-state index contributed by atoms with van der Waals surface area (Å²) in [5.41, 5.74) is 2.06. The fourth-order valence-electron chi connectivity index (χ4n) is 3.67. The Morgan fingerprint density at radius 3 is 2.34 bits per heavy atom. The lowest BCUT2D eigenvalue weighted by atomic mass is 9.91. The summed E-state index contributed by atoms with van der Waals surface area (Å²) in [6.45, 7) is 8.95. The molecule has 0 unspecified atom stereocenters. The number of likely N-dealkylation sites (tertiary alicyclic amines) is 1. The predicted octanol–water partition coefficient (Wildman–Crippen LogP) is 4.77. The van der Waals surface area contributed by atoms with Gasteiger partial charge in [-0.2, -0.15) is 0 Å². The van der Waals surface area contributed by atoms with Crippen molar-refractivity contribution in [1.82, 2.24) is 9.88 Å². The van der Waals surface area contributed by atoms with Crippen LogP contribution in [0, 0.1) is 11.3 Å². The first-order chi connectivity index (χ1) is 15.2. The highest BCUT2D eigenvalue weighted by molar-refractivity contribution is 7.14. The maximum atomic E-state index is 12.7. The summed E-state index contributed by atoms with van der Waals surface area (Å²) >= 11 is 1.39. The van der Waals surface area contributed by atoms with E-state index in [1.54, 1.807) is 0 Å². The first kappa shape index (κ1) is 23.9. The Labute approximate surface area is 193 Å². The van der Waals surface area contributed by atoms with E-state index in [4.69, 9.17) is 0 Å². The molecule has 0 aliphatic carbocycles. The molecular formula is C24H32N4O3S. The summed E-state index contributed by atoms with van der Waals surface area (Å²) in [5.74, 6) is -0.00971. The van der Waals surface area contributed by atoms with Crippen molar-refractivity contribution in [2.75, 3.05) is 23.7 Å². The summed E-state index contributed by atoms with van der Waals surface area (Å²) in [5, 5.41) is 8.28. The van der Waals surface area contributed by atoms with Gasteiger partial charge in [0.2, 0.25) is 17.7 Å². The second-order valence-electron chi connectivity index (χ2n) is 9.22. The highest BCUT2D eigenvalue weighted by Crippen LogP contribution is 2.28. The molecule has 1 aliphatic rings. The molecule has 0 bridgehead atoms. The molecule has 8 heteroatoms. The Morgan fingerprint density at radius 2 is 1.75 bits per heavy atom. The van der Waals surface area contributed by atoms with Crippen LogP contribution in [0.4, 0.5) is 10.8 Å². The Morgan fingerprint density at radius 1 is 1.09 bits per heavy atom. The molecule has 1 saturated heterocycles. The fourth-order valence-corrected chi connectivity index (χ4v) is 4.39. The number of rotatable bonds is 6. The van der Waals surface area contributed by atoms with E-state index in [0.717, 1.165) is 23.4 Å². The summed E-state index contributed by atoms with van der Waals surface area (Å²) < 4.78 is 0. The van der Waals surface area contributed by atoms with Crippen LogP contribution in [0.3, 0.4) is 0 Å². The van der Waals surface area contributed by atoms with Gasteiger partial charge < -0.3 is 15.5 Å². The Hall–Kier alpha value is -2.74. The van der Waals surface area contributed by atoms with Crippen molar-refractivity contribution in [3.63, 3.8) is 0 Å². The Balaban J connectivity index is 1.53. The summed E-state index contributed by atoms with van der Waals surface area (Å²) in [4.78, 5) is 43.2. The molecule has 1 aromatic heterocycles. The van der Waals surface area contributed by atoms with E-state index in [9.17, 15) is 14.4 Å². The van der Waals surface area contributed by atoms with Crippen molar-refractivity contribution in [3.8, 4) is 11.3 Å². The molecule has 172 valence electrons. The maximum Gasteiger partial charge on any atom is 0.229 e. The molecule has 2 heterocycles. The molecule has 2 N–H and O–H groups in total. The van der Waals surface area contributed by atoms with Crippen molar-refractivity contribution in [1.29, 1.82) is 0 Å². The maximum absolute atomic E-state index is 12.7. The van der Waals surface area contributed by atoms with Crippen molar-refractivity contribution >= 4 is 39.9 Å². The number of piperidine rings is 1. The van der Waals surface area contributed by atoms with Crippen molar-refractivity contribution < 1.29 is 14.4 Å². The van der Waals surface area contributed by atoms with Crippen LogP contribution in [0.25, 0.3) is 11.3 Å². The smallest absolute Gasteiger partial charge is 0.229 e. The zero-order valence-corrected chi connectivity index (χ0v) is 20.1. The Kier molecular flexibility index (Phi) is 7.66. The highest BCUT2D eigenvalue weighted by Gasteiger charge is 2.32. The van der Waals surface area contributed by atoms with E-state index in [1.165, 1.54) is 11.3 Å². The number of anilines is 2. The molecule has 0 radical (unpaired) electrons. The molecule has 32 heavy (non-hydrogen) atoms. The number of aromatic nitrogens is 1. The third-order valence-electron chi connectivity index (χ3n) is 5.47. The molecule has 0 saturated carbocycles. The van der Waals surface area contributed by atoms with Crippen LogP contribution in [0.15, 0.2) is 29.6 Å². The van der Waals surface area contributed by atoms with E-state index in [-0.39, 0.29) is 23.6 Å². The van der Waals surface area contributed by atoms with Gasteiger partial charge in [0.05, 0.1) is 5.69 Å². The minimum Gasteiger partial charge on any atom is -0.342 e. The second-order valence-corrected chi connectivity index (χ2v) is 10.1. The number of hydrogen-bond acceptors (Lipinski definition) is 5. The molecule has 1 fully saturated rings. The minimum atomic E-state index is -0.397. The van der Waals surface area contributed by atoms with Crippen LogP contribution >= 0.6 is 11.3 Å². The number of thiazole rings is 1. The first-order valence-electron chi connectivity index (χ1n) is 11.1. The fraction of sp³-hybridized carbons (Fsp3) is 0.500. The lowest BCUT2D eigenvalue weighted by molar-refractivity contribution is -0.142. The normalized spacial score (nSPS) is 14.8. The van der Waals surface area contributed by atoms with Gasteiger partial charge >= 0.3 is 0 Å². The number of hydrogen-bond donors (Lipinski definition) is 2. The molecule has 1 aromatic carbocycles. The highest BCUT2D eigenvalue weighted by atomic mass is 32.1. The minimum absolute atomic E-state index is 0.00696. The molecule has 3 rings (SSSR count). The third kappa shape index (κ3) is 6.16. The number of amides is 3. The number of carbonyl (C=O) groups excluding carboxylic acids is 3. The van der Waals surface area contributed by atoms with Gasteiger partial charge in [0.15, 0.2) is 5.13 Å². The van der Waals surface area contributed by atoms with Gasteiger partial charge in [0.25, 0.3) is 0 Å². The van der Waals surface area contributed by atoms with E-state index < -0.39 is 5.41 Å². The second kappa shape index (κ2) is 10.3.